The van der Waals surface area contributed by atoms with Crippen LogP contribution in [-0.2, 0) is 16.0 Å². The highest BCUT2D eigenvalue weighted by Crippen LogP contribution is 2.18. The molecule has 0 fully saturated rings. The van der Waals surface area contributed by atoms with Crippen molar-refractivity contribution in [3.05, 3.63) is 15.6 Å². The Kier molecular flexibility index (Phi) is 5.05. The van der Waals surface area contributed by atoms with Crippen LogP contribution in [-0.4, -0.2) is 42.2 Å². The molecule has 1 heterocycles. The van der Waals surface area contributed by atoms with Gasteiger partial charge in [-0.3, -0.25) is 4.79 Å². The van der Waals surface area contributed by atoms with Gasteiger partial charge in [-0.05, 0) is 6.92 Å². The van der Waals surface area contributed by atoms with E-state index in [1.54, 1.807) is 14.0 Å². The van der Waals surface area contributed by atoms with Gasteiger partial charge in [-0.2, -0.15) is 0 Å². The molecule has 0 saturated carbocycles. The van der Waals surface area contributed by atoms with Gasteiger partial charge in [-0.15, -0.1) is 11.3 Å². The number of ether oxygens (including phenoxy) is 1. The molecule has 1 rings (SSSR count). The van der Waals surface area contributed by atoms with Crippen molar-refractivity contribution in [2.75, 3.05) is 20.3 Å². The van der Waals surface area contributed by atoms with Crippen molar-refractivity contribution in [1.82, 2.24) is 10.3 Å². The molecule has 1 aromatic heterocycles. The van der Waals surface area contributed by atoms with E-state index in [9.17, 15) is 9.59 Å². The lowest BCUT2D eigenvalue weighted by Crippen LogP contribution is -2.28. The van der Waals surface area contributed by atoms with Crippen molar-refractivity contribution < 1.29 is 19.4 Å². The van der Waals surface area contributed by atoms with Crippen LogP contribution in [0.1, 0.15) is 20.4 Å². The van der Waals surface area contributed by atoms with Gasteiger partial charge in [0, 0.05) is 13.7 Å². The predicted molar refractivity (Wildman–Crippen MR) is 62.4 cm³/mol. The number of hydrogen-bond acceptors (Lipinski definition) is 5. The number of carbonyl (C=O) groups excluding carboxylic acids is 1. The molecule has 6 nitrogen and oxygen atoms in total. The third-order valence-electron chi connectivity index (χ3n) is 1.98. The van der Waals surface area contributed by atoms with Gasteiger partial charge in [-0.1, -0.05) is 0 Å². The molecular formula is C10H14N2O4S. The smallest absolute Gasteiger partial charge is 0.347 e. The standard InChI is InChI=1S/C10H14N2O4S/c1-6-9(10(14)15)17-8(12-6)5-7(13)11-3-4-16-2/h3-5H2,1-2H3,(H,11,13)(H,14,15). The molecule has 0 radical (unpaired) electrons. The highest BCUT2D eigenvalue weighted by molar-refractivity contribution is 7.13. The van der Waals surface area contributed by atoms with E-state index in [-0.39, 0.29) is 17.2 Å². The number of rotatable bonds is 6. The number of aromatic nitrogens is 1. The lowest BCUT2D eigenvalue weighted by molar-refractivity contribution is -0.120. The zero-order valence-corrected chi connectivity index (χ0v) is 10.5. The van der Waals surface area contributed by atoms with Crippen molar-refractivity contribution in [1.29, 1.82) is 0 Å². The molecule has 0 spiro atoms. The first kappa shape index (κ1) is 13.6. The third-order valence-corrected chi connectivity index (χ3v) is 3.12. The Labute approximate surface area is 103 Å². The van der Waals surface area contributed by atoms with E-state index >= 15 is 0 Å². The number of nitrogens with one attached hydrogen (secondary N) is 1. The predicted octanol–water partition coefficient (Wildman–Crippen LogP) is 0.455. The Morgan fingerprint density at radius 1 is 1.53 bits per heavy atom. The molecule has 0 aliphatic heterocycles. The van der Waals surface area contributed by atoms with Crippen molar-refractivity contribution >= 4 is 23.2 Å². The molecule has 0 aliphatic carbocycles. The number of aryl methyl sites for hydroxylation is 1. The summed E-state index contributed by atoms with van der Waals surface area (Å²) < 4.78 is 4.79. The number of carboxylic acid groups (broad SMARTS) is 1. The molecule has 0 unspecified atom stereocenters. The highest BCUT2D eigenvalue weighted by atomic mass is 32.1. The van der Waals surface area contributed by atoms with Gasteiger partial charge >= 0.3 is 5.97 Å². The fraction of sp³-hybridized carbons (Fsp3) is 0.500. The Morgan fingerprint density at radius 2 is 2.24 bits per heavy atom. The van der Waals surface area contributed by atoms with Crippen LogP contribution in [0, 0.1) is 6.92 Å². The fourth-order valence-corrected chi connectivity index (χ4v) is 2.12. The van der Waals surface area contributed by atoms with Gasteiger partial charge in [0.05, 0.1) is 18.7 Å². The zero-order chi connectivity index (χ0) is 12.8. The first-order valence-electron chi connectivity index (χ1n) is 4.99. The number of methoxy groups -OCH3 is 1. The molecular weight excluding hydrogens is 244 g/mol. The molecule has 7 heteroatoms. The SMILES string of the molecule is COCCNC(=O)Cc1nc(C)c(C(=O)O)s1. The van der Waals surface area contributed by atoms with E-state index in [2.05, 4.69) is 10.3 Å². The van der Waals surface area contributed by atoms with Crippen LogP contribution in [0.4, 0.5) is 0 Å². The minimum Gasteiger partial charge on any atom is -0.477 e. The number of aromatic carboxylic acids is 1. The molecule has 1 aromatic rings. The van der Waals surface area contributed by atoms with E-state index in [4.69, 9.17) is 9.84 Å². The molecule has 1 amide bonds. The average Bonchev–Trinajstić information content (AvgIpc) is 2.60. The molecule has 2 N–H and O–H groups in total. The van der Waals surface area contributed by atoms with Gasteiger partial charge in [0.2, 0.25) is 5.91 Å². The number of carbonyl (C=O) groups is 2. The van der Waals surface area contributed by atoms with Crippen LogP contribution in [0.25, 0.3) is 0 Å². The molecule has 0 bridgehead atoms. The van der Waals surface area contributed by atoms with Gasteiger partial charge in [0.25, 0.3) is 0 Å². The minimum absolute atomic E-state index is 0.0997. The summed E-state index contributed by atoms with van der Waals surface area (Å²) in [6.07, 6.45) is 0.0997. The van der Waals surface area contributed by atoms with Crippen LogP contribution in [0.5, 0.6) is 0 Å². The van der Waals surface area contributed by atoms with E-state index in [1.165, 1.54) is 0 Å². The molecule has 94 valence electrons. The largest absolute Gasteiger partial charge is 0.477 e. The average molecular weight is 258 g/mol. The summed E-state index contributed by atoms with van der Waals surface area (Å²) in [6.45, 7) is 2.50. The van der Waals surface area contributed by atoms with Gasteiger partial charge in [0.15, 0.2) is 0 Å². The summed E-state index contributed by atoms with van der Waals surface area (Å²) in [4.78, 5) is 26.4. The summed E-state index contributed by atoms with van der Waals surface area (Å²) in [5.74, 6) is -1.20. The van der Waals surface area contributed by atoms with Crippen molar-refractivity contribution in [2.24, 2.45) is 0 Å². The number of hydrogen-bond donors (Lipinski definition) is 2. The van der Waals surface area contributed by atoms with Gasteiger partial charge in [-0.25, -0.2) is 9.78 Å². The summed E-state index contributed by atoms with van der Waals surface area (Å²) in [5.41, 5.74) is 0.446. The van der Waals surface area contributed by atoms with Crippen molar-refractivity contribution in [2.45, 2.75) is 13.3 Å². The van der Waals surface area contributed by atoms with Crippen LogP contribution in [0.15, 0.2) is 0 Å². The van der Waals surface area contributed by atoms with Gasteiger partial charge in [0.1, 0.15) is 9.88 Å². The number of nitrogens with zero attached hydrogens (tertiary/aromatic N) is 1. The monoisotopic (exact) mass is 258 g/mol. The lowest BCUT2D eigenvalue weighted by atomic mass is 10.4. The van der Waals surface area contributed by atoms with Crippen molar-refractivity contribution in [3.63, 3.8) is 0 Å². The fourth-order valence-electron chi connectivity index (χ4n) is 1.22. The maximum Gasteiger partial charge on any atom is 0.347 e. The van der Waals surface area contributed by atoms with Crippen LogP contribution in [0.2, 0.25) is 0 Å². The first-order valence-corrected chi connectivity index (χ1v) is 5.81. The quantitative estimate of drug-likeness (QED) is 0.723. The second-order valence-electron chi connectivity index (χ2n) is 3.35. The molecule has 0 saturated heterocycles. The number of thiazole rings is 1. The number of amides is 1. The van der Waals surface area contributed by atoms with Crippen LogP contribution >= 0.6 is 11.3 Å². The van der Waals surface area contributed by atoms with Crippen molar-refractivity contribution in [3.8, 4) is 0 Å². The van der Waals surface area contributed by atoms with Crippen LogP contribution in [0.3, 0.4) is 0 Å². The Balaban J connectivity index is 2.54. The maximum absolute atomic E-state index is 11.4. The summed E-state index contributed by atoms with van der Waals surface area (Å²) >= 11 is 1.03. The highest BCUT2D eigenvalue weighted by Gasteiger charge is 2.15. The first-order chi connectivity index (χ1) is 8.04. The van der Waals surface area contributed by atoms with E-state index in [0.29, 0.717) is 23.9 Å². The number of carboxylic acids is 1. The maximum atomic E-state index is 11.4. The summed E-state index contributed by atoms with van der Waals surface area (Å²) in [6, 6.07) is 0. The third kappa shape index (κ3) is 4.12. The Morgan fingerprint density at radius 3 is 2.76 bits per heavy atom. The molecule has 17 heavy (non-hydrogen) atoms. The topological polar surface area (TPSA) is 88.5 Å². The Bertz CT molecular complexity index is 416. The van der Waals surface area contributed by atoms with Gasteiger partial charge < -0.3 is 15.2 Å². The lowest BCUT2D eigenvalue weighted by Gasteiger charge is -2.01. The minimum atomic E-state index is -1.01. The second kappa shape index (κ2) is 6.31. The summed E-state index contributed by atoms with van der Waals surface area (Å²) in [7, 11) is 1.55. The zero-order valence-electron chi connectivity index (χ0n) is 9.65. The van der Waals surface area contributed by atoms with Crippen LogP contribution < -0.4 is 5.32 Å². The molecule has 0 aromatic carbocycles. The second-order valence-corrected chi connectivity index (χ2v) is 4.43. The molecule has 0 aliphatic rings. The van der Waals surface area contributed by atoms with E-state index < -0.39 is 5.97 Å². The summed E-state index contributed by atoms with van der Waals surface area (Å²) in [5, 5.41) is 12.0. The normalized spacial score (nSPS) is 10.2. The van der Waals surface area contributed by atoms with E-state index in [0.717, 1.165) is 11.3 Å². The molecule has 0 atom stereocenters. The Hall–Kier alpha value is -1.47. The van der Waals surface area contributed by atoms with E-state index in [1.807, 2.05) is 0 Å².